The lowest BCUT2D eigenvalue weighted by molar-refractivity contribution is -0.137. The van der Waals surface area contributed by atoms with E-state index in [1.807, 2.05) is 4.90 Å². The molecule has 4 heteroatoms. The van der Waals surface area contributed by atoms with E-state index in [0.29, 0.717) is 19.4 Å². The van der Waals surface area contributed by atoms with E-state index >= 15 is 0 Å². The minimum atomic E-state index is 0.236. The van der Waals surface area contributed by atoms with E-state index in [2.05, 4.69) is 4.90 Å². The smallest absolute Gasteiger partial charge is 0.224 e. The zero-order chi connectivity index (χ0) is 13.9. The van der Waals surface area contributed by atoms with Gasteiger partial charge in [0.15, 0.2) is 0 Å². The van der Waals surface area contributed by atoms with Crippen LogP contribution >= 0.6 is 0 Å². The summed E-state index contributed by atoms with van der Waals surface area (Å²) in [4.78, 5) is 28.1. The number of piperidine rings is 2. The molecule has 1 saturated carbocycles. The molecule has 0 N–H and O–H groups in total. The average Bonchev–Trinajstić information content (AvgIpc) is 2.45. The van der Waals surface area contributed by atoms with Gasteiger partial charge >= 0.3 is 0 Å². The van der Waals surface area contributed by atoms with Crippen molar-refractivity contribution in [1.82, 2.24) is 9.80 Å². The van der Waals surface area contributed by atoms with E-state index < -0.39 is 0 Å². The number of nitrogens with zero attached hydrogens (tertiary/aromatic N) is 2. The Balaban J connectivity index is 1.48. The Hall–Kier alpha value is -1.06. The molecule has 20 heavy (non-hydrogen) atoms. The summed E-state index contributed by atoms with van der Waals surface area (Å²) in [6, 6.07) is 0. The number of rotatable bonds is 3. The summed E-state index contributed by atoms with van der Waals surface area (Å²) in [6.07, 6.45) is 8.56. The fourth-order valence-electron chi connectivity index (χ4n) is 4.12. The van der Waals surface area contributed by atoms with Crippen LogP contribution in [0.15, 0.2) is 0 Å². The second-order valence-electron chi connectivity index (χ2n) is 6.79. The average molecular weight is 278 g/mol. The summed E-state index contributed by atoms with van der Waals surface area (Å²) in [6.45, 7) is 3.40. The molecule has 0 radical (unpaired) electrons. The first-order valence-corrected chi connectivity index (χ1v) is 8.28. The highest BCUT2D eigenvalue weighted by Crippen LogP contribution is 2.34. The van der Waals surface area contributed by atoms with Gasteiger partial charge in [0, 0.05) is 39.0 Å². The molecular formula is C16H26N2O2. The van der Waals surface area contributed by atoms with Gasteiger partial charge in [-0.05, 0) is 43.9 Å². The van der Waals surface area contributed by atoms with Gasteiger partial charge in [0.1, 0.15) is 0 Å². The maximum Gasteiger partial charge on any atom is 0.224 e. The fraction of sp³-hybridized carbons (Fsp3) is 0.875. The first kappa shape index (κ1) is 13.9. The number of hydrogen-bond donors (Lipinski definition) is 0. The Labute approximate surface area is 121 Å². The second kappa shape index (κ2) is 6.15. The van der Waals surface area contributed by atoms with E-state index in [9.17, 15) is 9.59 Å². The van der Waals surface area contributed by atoms with Crippen molar-refractivity contribution in [2.75, 3.05) is 26.2 Å². The molecule has 112 valence electrons. The molecule has 2 aliphatic heterocycles. The molecule has 2 saturated heterocycles. The van der Waals surface area contributed by atoms with Crippen molar-refractivity contribution in [2.24, 2.45) is 11.8 Å². The van der Waals surface area contributed by atoms with Crippen molar-refractivity contribution in [3.63, 3.8) is 0 Å². The first-order valence-electron chi connectivity index (χ1n) is 8.28. The van der Waals surface area contributed by atoms with Crippen molar-refractivity contribution in [3.8, 4) is 0 Å². The highest BCUT2D eigenvalue weighted by molar-refractivity contribution is 5.79. The van der Waals surface area contributed by atoms with Gasteiger partial charge in [-0.3, -0.25) is 9.59 Å². The number of likely N-dealkylation sites (tertiary alicyclic amines) is 2. The number of carbonyl (C=O) groups excluding carboxylic acids is 2. The molecule has 0 aromatic rings. The fourth-order valence-corrected chi connectivity index (χ4v) is 4.12. The van der Waals surface area contributed by atoms with Crippen LogP contribution in [0.2, 0.25) is 0 Å². The van der Waals surface area contributed by atoms with E-state index in [1.165, 1.54) is 25.7 Å². The van der Waals surface area contributed by atoms with Crippen LogP contribution in [0.1, 0.15) is 51.4 Å². The molecule has 2 heterocycles. The molecule has 2 bridgehead atoms. The normalized spacial score (nSPS) is 30.5. The first-order chi connectivity index (χ1) is 9.72. The summed E-state index contributed by atoms with van der Waals surface area (Å²) < 4.78 is 0. The molecule has 4 nitrogen and oxygen atoms in total. The van der Waals surface area contributed by atoms with Crippen molar-refractivity contribution in [2.45, 2.75) is 51.4 Å². The van der Waals surface area contributed by atoms with Gasteiger partial charge in [-0.1, -0.05) is 6.42 Å². The molecule has 2 amide bonds. The molecule has 2 atom stereocenters. The number of carbonyl (C=O) groups is 2. The van der Waals surface area contributed by atoms with Gasteiger partial charge in [0.25, 0.3) is 0 Å². The van der Waals surface area contributed by atoms with Crippen LogP contribution in [0.25, 0.3) is 0 Å². The van der Waals surface area contributed by atoms with Crippen LogP contribution in [0.5, 0.6) is 0 Å². The molecule has 0 aromatic heterocycles. The molecule has 0 aromatic carbocycles. The minimum absolute atomic E-state index is 0.236. The Morgan fingerprint density at radius 1 is 1.10 bits per heavy atom. The quantitative estimate of drug-likeness (QED) is 0.792. The molecule has 3 aliphatic rings. The van der Waals surface area contributed by atoms with Crippen molar-refractivity contribution in [3.05, 3.63) is 0 Å². The Morgan fingerprint density at radius 2 is 1.85 bits per heavy atom. The maximum absolute atomic E-state index is 12.4. The highest BCUT2D eigenvalue weighted by Gasteiger charge is 2.32. The van der Waals surface area contributed by atoms with E-state index in [1.54, 1.807) is 0 Å². The Morgan fingerprint density at radius 3 is 2.55 bits per heavy atom. The summed E-state index contributed by atoms with van der Waals surface area (Å²) >= 11 is 0. The van der Waals surface area contributed by atoms with Gasteiger partial charge in [-0.25, -0.2) is 0 Å². The summed E-state index contributed by atoms with van der Waals surface area (Å²) in [7, 11) is 0. The van der Waals surface area contributed by atoms with Crippen molar-refractivity contribution >= 4 is 11.8 Å². The third-order valence-electron chi connectivity index (χ3n) is 5.22. The minimum Gasteiger partial charge on any atom is -0.342 e. The monoisotopic (exact) mass is 278 g/mol. The lowest BCUT2D eigenvalue weighted by atomic mass is 9.78. The van der Waals surface area contributed by atoms with Crippen molar-refractivity contribution in [1.29, 1.82) is 0 Å². The van der Waals surface area contributed by atoms with E-state index in [4.69, 9.17) is 0 Å². The highest BCUT2D eigenvalue weighted by atomic mass is 16.2. The number of hydrogen-bond acceptors (Lipinski definition) is 2. The third-order valence-corrected chi connectivity index (χ3v) is 5.22. The second-order valence-corrected chi connectivity index (χ2v) is 6.79. The lowest BCUT2D eigenvalue weighted by Crippen LogP contribution is -2.47. The van der Waals surface area contributed by atoms with Crippen LogP contribution in [-0.2, 0) is 9.59 Å². The van der Waals surface area contributed by atoms with Gasteiger partial charge in [0.05, 0.1) is 0 Å². The van der Waals surface area contributed by atoms with Crippen molar-refractivity contribution < 1.29 is 9.59 Å². The van der Waals surface area contributed by atoms with Crippen LogP contribution in [0, 0.1) is 11.8 Å². The largest absolute Gasteiger partial charge is 0.342 e. The zero-order valence-corrected chi connectivity index (χ0v) is 12.4. The molecule has 1 aliphatic carbocycles. The summed E-state index contributed by atoms with van der Waals surface area (Å²) in [5.41, 5.74) is 0. The Bertz CT molecular complexity index is 371. The van der Waals surface area contributed by atoms with Crippen LogP contribution in [-0.4, -0.2) is 47.8 Å². The topological polar surface area (TPSA) is 40.6 Å². The maximum atomic E-state index is 12.4. The molecule has 3 rings (SSSR count). The summed E-state index contributed by atoms with van der Waals surface area (Å²) in [5.74, 6) is 1.98. The van der Waals surface area contributed by atoms with E-state index in [0.717, 1.165) is 44.3 Å². The molecule has 0 spiro atoms. The number of amides is 2. The zero-order valence-electron chi connectivity index (χ0n) is 12.4. The van der Waals surface area contributed by atoms with E-state index in [-0.39, 0.29) is 11.8 Å². The molecule has 3 fully saturated rings. The predicted octanol–water partition coefficient (Wildman–Crippen LogP) is 2.04. The SMILES string of the molecule is O=C1CCCCN1CCC(=O)N1C[C@H]2CCC[C@@H](C2)C1. The number of fused-ring (bicyclic) bond motifs is 2. The summed E-state index contributed by atoms with van der Waals surface area (Å²) in [5, 5.41) is 0. The predicted molar refractivity (Wildman–Crippen MR) is 77.1 cm³/mol. The lowest BCUT2D eigenvalue weighted by Gasteiger charge is -2.41. The third kappa shape index (κ3) is 3.15. The Kier molecular flexibility index (Phi) is 4.27. The van der Waals surface area contributed by atoms with Crippen LogP contribution < -0.4 is 0 Å². The van der Waals surface area contributed by atoms with Gasteiger partial charge < -0.3 is 9.80 Å². The van der Waals surface area contributed by atoms with Crippen LogP contribution in [0.4, 0.5) is 0 Å². The molecule has 0 unspecified atom stereocenters. The van der Waals surface area contributed by atoms with Gasteiger partial charge in [-0.2, -0.15) is 0 Å². The van der Waals surface area contributed by atoms with Gasteiger partial charge in [-0.15, -0.1) is 0 Å². The molecular weight excluding hydrogens is 252 g/mol. The van der Waals surface area contributed by atoms with Crippen LogP contribution in [0.3, 0.4) is 0 Å². The standard InChI is InChI=1S/C16H26N2O2/c19-15-6-1-2-8-17(15)9-7-16(20)18-11-13-4-3-5-14(10-13)12-18/h13-14H,1-12H2/t13-,14-/m0/s1. The van der Waals surface area contributed by atoms with Gasteiger partial charge in [0.2, 0.25) is 11.8 Å².